The van der Waals surface area contributed by atoms with Gasteiger partial charge >= 0.3 is 0 Å². The lowest BCUT2D eigenvalue weighted by atomic mass is 9.89. The molecule has 2 N–H and O–H groups in total. The lowest BCUT2D eigenvalue weighted by molar-refractivity contribution is 0.129. The maximum absolute atomic E-state index is 6.21. The SMILES string of the molecule is CCC(N)(COC)c1ccc(Cl)cc1. The first-order chi connectivity index (χ1) is 6.62. The highest BCUT2D eigenvalue weighted by Crippen LogP contribution is 2.23. The van der Waals surface area contributed by atoms with Gasteiger partial charge in [0.05, 0.1) is 12.1 Å². The average molecular weight is 214 g/mol. The maximum Gasteiger partial charge on any atom is 0.0684 e. The molecule has 0 fully saturated rings. The van der Waals surface area contributed by atoms with E-state index < -0.39 is 5.54 Å². The first-order valence-corrected chi connectivity index (χ1v) is 5.04. The summed E-state index contributed by atoms with van der Waals surface area (Å²) in [5.41, 5.74) is 6.87. The van der Waals surface area contributed by atoms with Crippen molar-refractivity contribution in [2.45, 2.75) is 18.9 Å². The Morgan fingerprint density at radius 3 is 2.36 bits per heavy atom. The van der Waals surface area contributed by atoms with Gasteiger partial charge in [-0.2, -0.15) is 0 Å². The molecule has 3 heteroatoms. The quantitative estimate of drug-likeness (QED) is 0.835. The number of ether oxygens (including phenoxy) is 1. The number of hydrogen-bond donors (Lipinski definition) is 1. The zero-order valence-electron chi connectivity index (χ0n) is 8.59. The average Bonchev–Trinajstić information content (AvgIpc) is 2.19. The number of hydrogen-bond acceptors (Lipinski definition) is 2. The van der Waals surface area contributed by atoms with Crippen LogP contribution in [0.5, 0.6) is 0 Å². The second-order valence-corrected chi connectivity index (χ2v) is 3.89. The molecule has 0 spiro atoms. The van der Waals surface area contributed by atoms with E-state index in [4.69, 9.17) is 22.1 Å². The van der Waals surface area contributed by atoms with Gasteiger partial charge in [-0.1, -0.05) is 30.7 Å². The molecule has 0 radical (unpaired) electrons. The van der Waals surface area contributed by atoms with Crippen molar-refractivity contribution < 1.29 is 4.74 Å². The van der Waals surface area contributed by atoms with Crippen molar-refractivity contribution in [1.29, 1.82) is 0 Å². The minimum atomic E-state index is -0.403. The molecule has 0 aliphatic rings. The Morgan fingerprint density at radius 2 is 1.93 bits per heavy atom. The van der Waals surface area contributed by atoms with Crippen LogP contribution in [0.25, 0.3) is 0 Å². The van der Waals surface area contributed by atoms with Crippen LogP contribution in [0, 0.1) is 0 Å². The molecule has 0 aromatic heterocycles. The lowest BCUT2D eigenvalue weighted by Gasteiger charge is -2.27. The van der Waals surface area contributed by atoms with Crippen molar-refractivity contribution in [3.05, 3.63) is 34.9 Å². The molecule has 1 unspecified atom stereocenters. The normalized spacial score (nSPS) is 15.1. The molecular formula is C11H16ClNO. The number of rotatable bonds is 4. The van der Waals surface area contributed by atoms with Gasteiger partial charge in [0.1, 0.15) is 0 Å². The Balaban J connectivity index is 2.94. The van der Waals surface area contributed by atoms with E-state index in [1.165, 1.54) is 0 Å². The first-order valence-electron chi connectivity index (χ1n) is 4.66. The van der Waals surface area contributed by atoms with Gasteiger partial charge in [-0.05, 0) is 24.1 Å². The molecule has 2 nitrogen and oxygen atoms in total. The van der Waals surface area contributed by atoms with Gasteiger partial charge in [-0.3, -0.25) is 0 Å². The Morgan fingerprint density at radius 1 is 1.36 bits per heavy atom. The fourth-order valence-corrected chi connectivity index (χ4v) is 1.55. The van der Waals surface area contributed by atoms with Crippen LogP contribution < -0.4 is 5.73 Å². The van der Waals surface area contributed by atoms with Gasteiger partial charge in [0, 0.05) is 12.1 Å². The summed E-state index contributed by atoms with van der Waals surface area (Å²) >= 11 is 5.81. The van der Waals surface area contributed by atoms with Gasteiger partial charge in [0.25, 0.3) is 0 Å². The molecule has 0 saturated carbocycles. The number of halogens is 1. The molecule has 78 valence electrons. The minimum absolute atomic E-state index is 0.403. The van der Waals surface area contributed by atoms with Crippen molar-refractivity contribution >= 4 is 11.6 Å². The van der Waals surface area contributed by atoms with Crippen LogP contribution in [0.4, 0.5) is 0 Å². The van der Waals surface area contributed by atoms with Crippen LogP contribution in [0.1, 0.15) is 18.9 Å². The highest BCUT2D eigenvalue weighted by Gasteiger charge is 2.24. The summed E-state index contributed by atoms with van der Waals surface area (Å²) in [4.78, 5) is 0. The predicted octanol–water partition coefficient (Wildman–Crippen LogP) is 2.55. The molecule has 1 atom stereocenters. The van der Waals surface area contributed by atoms with Crippen molar-refractivity contribution in [3.63, 3.8) is 0 Å². The van der Waals surface area contributed by atoms with Crippen LogP contribution in [-0.2, 0) is 10.3 Å². The van der Waals surface area contributed by atoms with Crippen LogP contribution >= 0.6 is 11.6 Å². The molecule has 0 heterocycles. The maximum atomic E-state index is 6.21. The highest BCUT2D eigenvalue weighted by molar-refractivity contribution is 6.30. The van der Waals surface area contributed by atoms with Gasteiger partial charge in [0.15, 0.2) is 0 Å². The third kappa shape index (κ3) is 2.47. The summed E-state index contributed by atoms with van der Waals surface area (Å²) in [6.07, 6.45) is 0.836. The third-order valence-corrected chi connectivity index (χ3v) is 2.70. The smallest absolute Gasteiger partial charge is 0.0684 e. The second kappa shape index (κ2) is 4.78. The lowest BCUT2D eigenvalue weighted by Crippen LogP contribution is -2.40. The van der Waals surface area contributed by atoms with Gasteiger partial charge < -0.3 is 10.5 Å². The number of benzene rings is 1. The molecule has 0 aliphatic carbocycles. The van der Waals surface area contributed by atoms with Crippen LogP contribution in [0.15, 0.2) is 24.3 Å². The van der Waals surface area contributed by atoms with E-state index in [0.29, 0.717) is 6.61 Å². The van der Waals surface area contributed by atoms with Crippen LogP contribution in [0.3, 0.4) is 0 Å². The topological polar surface area (TPSA) is 35.2 Å². The summed E-state index contributed by atoms with van der Waals surface area (Å²) in [6.45, 7) is 2.57. The van der Waals surface area contributed by atoms with Crippen molar-refractivity contribution in [3.8, 4) is 0 Å². The second-order valence-electron chi connectivity index (χ2n) is 3.45. The molecule has 1 aromatic rings. The van der Waals surface area contributed by atoms with E-state index in [0.717, 1.165) is 17.0 Å². The van der Waals surface area contributed by atoms with Crippen LogP contribution in [0.2, 0.25) is 5.02 Å². The third-order valence-electron chi connectivity index (χ3n) is 2.45. The zero-order chi connectivity index (χ0) is 10.6. The summed E-state index contributed by atoms with van der Waals surface area (Å²) < 4.78 is 5.12. The van der Waals surface area contributed by atoms with Gasteiger partial charge in [-0.25, -0.2) is 0 Å². The Bertz CT molecular complexity index is 286. The molecule has 0 amide bonds. The number of methoxy groups -OCH3 is 1. The summed E-state index contributed by atoms with van der Waals surface area (Å²) in [7, 11) is 1.66. The van der Waals surface area contributed by atoms with E-state index in [-0.39, 0.29) is 0 Å². The van der Waals surface area contributed by atoms with Gasteiger partial charge in [0.2, 0.25) is 0 Å². The van der Waals surface area contributed by atoms with E-state index in [2.05, 4.69) is 0 Å². The molecular weight excluding hydrogens is 198 g/mol. The summed E-state index contributed by atoms with van der Waals surface area (Å²) in [6, 6.07) is 7.60. The first kappa shape index (κ1) is 11.5. The fourth-order valence-electron chi connectivity index (χ4n) is 1.43. The van der Waals surface area contributed by atoms with E-state index in [1.54, 1.807) is 7.11 Å². The number of nitrogens with two attached hydrogens (primary N) is 1. The highest BCUT2D eigenvalue weighted by atomic mass is 35.5. The molecule has 0 aliphatic heterocycles. The molecule has 0 saturated heterocycles. The fraction of sp³-hybridized carbons (Fsp3) is 0.455. The van der Waals surface area contributed by atoms with Gasteiger partial charge in [-0.15, -0.1) is 0 Å². The standard InChI is InChI=1S/C11H16ClNO/c1-3-11(13,8-14-2)9-4-6-10(12)7-5-9/h4-7H,3,8,13H2,1-2H3. The Kier molecular flexibility index (Phi) is 3.93. The Hall–Kier alpha value is -0.570. The zero-order valence-corrected chi connectivity index (χ0v) is 9.34. The largest absolute Gasteiger partial charge is 0.382 e. The minimum Gasteiger partial charge on any atom is -0.382 e. The van der Waals surface area contributed by atoms with Crippen molar-refractivity contribution in [2.24, 2.45) is 5.73 Å². The molecule has 0 bridgehead atoms. The summed E-state index contributed by atoms with van der Waals surface area (Å²) in [5.74, 6) is 0. The monoisotopic (exact) mass is 213 g/mol. The van der Waals surface area contributed by atoms with Crippen molar-refractivity contribution in [2.75, 3.05) is 13.7 Å². The molecule has 1 aromatic carbocycles. The molecule has 14 heavy (non-hydrogen) atoms. The molecule has 1 rings (SSSR count). The predicted molar refractivity (Wildman–Crippen MR) is 59.5 cm³/mol. The summed E-state index contributed by atoms with van der Waals surface area (Å²) in [5, 5.41) is 0.726. The Labute approximate surface area is 90.0 Å². The van der Waals surface area contributed by atoms with E-state index in [9.17, 15) is 0 Å². The van der Waals surface area contributed by atoms with Crippen molar-refractivity contribution in [1.82, 2.24) is 0 Å². The van der Waals surface area contributed by atoms with Crippen LogP contribution in [-0.4, -0.2) is 13.7 Å². The van der Waals surface area contributed by atoms with E-state index >= 15 is 0 Å². The van der Waals surface area contributed by atoms with E-state index in [1.807, 2.05) is 31.2 Å².